The molecule has 1 unspecified atom stereocenters. The number of nitrogens with zero attached hydrogens (tertiary/aromatic N) is 4. The van der Waals surface area contributed by atoms with Gasteiger partial charge in [-0.25, -0.2) is 4.98 Å². The van der Waals surface area contributed by atoms with Gasteiger partial charge in [-0.05, 0) is 61.4 Å². The molecule has 3 atom stereocenters. The number of rotatable bonds is 9. The first-order chi connectivity index (χ1) is 21.4. The van der Waals surface area contributed by atoms with Gasteiger partial charge in [0.1, 0.15) is 6.04 Å². The molecule has 1 saturated carbocycles. The molecule has 1 aromatic heterocycles. The second-order valence-electron chi connectivity index (χ2n) is 12.6. The average molecular weight is 593 g/mol. The van der Waals surface area contributed by atoms with E-state index < -0.39 is 11.9 Å². The van der Waals surface area contributed by atoms with Crippen molar-refractivity contribution in [3.05, 3.63) is 95.6 Å². The van der Waals surface area contributed by atoms with E-state index in [9.17, 15) is 9.59 Å². The largest absolute Gasteiger partial charge is 0.368 e. The predicted octanol–water partition coefficient (Wildman–Crippen LogP) is 5.23. The first-order valence-corrected chi connectivity index (χ1v) is 16.1. The van der Waals surface area contributed by atoms with Crippen LogP contribution in [0.3, 0.4) is 0 Å². The Labute approximate surface area is 260 Å². The predicted molar refractivity (Wildman–Crippen MR) is 175 cm³/mol. The minimum absolute atomic E-state index is 0.0986. The smallest absolute Gasteiger partial charge is 0.244 e. The van der Waals surface area contributed by atoms with Crippen molar-refractivity contribution < 1.29 is 9.59 Å². The Morgan fingerprint density at radius 3 is 2.27 bits per heavy atom. The lowest BCUT2D eigenvalue weighted by atomic mass is 9.74. The zero-order valence-electron chi connectivity index (χ0n) is 25.9. The summed E-state index contributed by atoms with van der Waals surface area (Å²) >= 11 is 0. The molecular weight excluding hydrogens is 548 g/mol. The van der Waals surface area contributed by atoms with Crippen LogP contribution < -0.4 is 16.0 Å². The maximum Gasteiger partial charge on any atom is 0.244 e. The molecule has 2 amide bonds. The lowest BCUT2D eigenvalue weighted by molar-refractivity contribution is -0.131. The van der Waals surface area contributed by atoms with E-state index in [2.05, 4.69) is 82.1 Å². The standard InChI is InChI=1S/C36H44N6O2/c1-25(2)40-20-22-41(23-21-40)36-38-31-14-8-9-15-32(31)42(36)24-26-16-18-27(19-17-26)29-12-6-7-13-30(29)35(44)39-33(34(37)43)28-10-4-3-5-11-28/h3-5,8-11,14-19,25,29-30,33H,6-7,12-13,20-24H2,1-2H3,(H2,37,43)(H,39,44)/t29?,30-,33+/m1/s1. The Morgan fingerprint density at radius 2 is 1.57 bits per heavy atom. The Bertz CT molecular complexity index is 1570. The molecule has 1 saturated heterocycles. The van der Waals surface area contributed by atoms with Crippen LogP contribution in [0.15, 0.2) is 78.9 Å². The van der Waals surface area contributed by atoms with Gasteiger partial charge in [-0.2, -0.15) is 0 Å². The number of aromatic nitrogens is 2. The van der Waals surface area contributed by atoms with E-state index in [1.165, 1.54) is 11.1 Å². The van der Waals surface area contributed by atoms with Crippen LogP contribution in [0.25, 0.3) is 11.0 Å². The van der Waals surface area contributed by atoms with E-state index in [1.807, 2.05) is 30.3 Å². The quantitative estimate of drug-likeness (QED) is 0.278. The molecule has 3 N–H and O–H groups in total. The van der Waals surface area contributed by atoms with Crippen LogP contribution >= 0.6 is 0 Å². The van der Waals surface area contributed by atoms with Crippen molar-refractivity contribution in [2.75, 3.05) is 31.1 Å². The second kappa shape index (κ2) is 13.2. The zero-order valence-corrected chi connectivity index (χ0v) is 25.9. The molecule has 0 spiro atoms. The number of hydrogen-bond donors (Lipinski definition) is 2. The Kier molecular flexibility index (Phi) is 8.98. The summed E-state index contributed by atoms with van der Waals surface area (Å²) in [4.78, 5) is 35.9. The van der Waals surface area contributed by atoms with Gasteiger partial charge in [0.15, 0.2) is 0 Å². The fourth-order valence-corrected chi connectivity index (χ4v) is 7.01. The highest BCUT2D eigenvalue weighted by molar-refractivity contribution is 5.89. The SMILES string of the molecule is CC(C)N1CCN(c2nc3ccccc3n2Cc2ccc(C3CCCC[C@H]3C(=O)N[C@H](C(N)=O)c3ccccc3)cc2)CC1. The molecule has 3 aromatic carbocycles. The molecule has 6 rings (SSSR count). The minimum atomic E-state index is -0.832. The van der Waals surface area contributed by atoms with E-state index in [4.69, 9.17) is 10.7 Å². The summed E-state index contributed by atoms with van der Waals surface area (Å²) in [5, 5.41) is 2.98. The minimum Gasteiger partial charge on any atom is -0.368 e. The highest BCUT2D eigenvalue weighted by atomic mass is 16.2. The number of nitrogens with one attached hydrogen (secondary N) is 1. The van der Waals surface area contributed by atoms with Gasteiger partial charge in [0.2, 0.25) is 17.8 Å². The van der Waals surface area contributed by atoms with Crippen LogP contribution in [0.4, 0.5) is 5.95 Å². The van der Waals surface area contributed by atoms with Crippen LogP contribution in [-0.2, 0) is 16.1 Å². The van der Waals surface area contributed by atoms with E-state index in [-0.39, 0.29) is 17.7 Å². The molecule has 0 radical (unpaired) electrons. The fourth-order valence-electron chi connectivity index (χ4n) is 7.01. The summed E-state index contributed by atoms with van der Waals surface area (Å²) in [6.07, 6.45) is 3.83. The average Bonchev–Trinajstić information content (AvgIpc) is 3.42. The molecule has 2 fully saturated rings. The number of imidazole rings is 1. The summed E-state index contributed by atoms with van der Waals surface area (Å²) in [5.74, 6) is 0.288. The van der Waals surface area contributed by atoms with Gasteiger partial charge in [-0.15, -0.1) is 0 Å². The molecule has 1 aliphatic heterocycles. The van der Waals surface area contributed by atoms with Crippen molar-refractivity contribution in [1.82, 2.24) is 19.8 Å². The molecule has 2 aliphatic rings. The number of nitrogens with two attached hydrogens (primary N) is 1. The number of piperazine rings is 1. The third kappa shape index (κ3) is 6.36. The Balaban J connectivity index is 1.20. The normalized spacial score (nSPS) is 20.1. The summed E-state index contributed by atoms with van der Waals surface area (Å²) in [7, 11) is 0. The maximum absolute atomic E-state index is 13.6. The summed E-state index contributed by atoms with van der Waals surface area (Å²) in [6, 6.07) is 26.1. The van der Waals surface area contributed by atoms with Crippen LogP contribution in [-0.4, -0.2) is 58.5 Å². The number of amides is 2. The molecule has 0 bridgehead atoms. The number of carbonyl (C=O) groups is 2. The van der Waals surface area contributed by atoms with Crippen molar-refractivity contribution >= 4 is 28.8 Å². The van der Waals surface area contributed by atoms with Gasteiger partial charge in [0.25, 0.3) is 0 Å². The second-order valence-corrected chi connectivity index (χ2v) is 12.6. The number of para-hydroxylation sites is 2. The van der Waals surface area contributed by atoms with Crippen molar-refractivity contribution in [3.8, 4) is 0 Å². The molecular formula is C36H44N6O2. The van der Waals surface area contributed by atoms with Gasteiger partial charge in [-0.1, -0.05) is 79.6 Å². The number of benzene rings is 3. The molecule has 230 valence electrons. The van der Waals surface area contributed by atoms with Crippen molar-refractivity contribution in [3.63, 3.8) is 0 Å². The third-order valence-corrected chi connectivity index (χ3v) is 9.52. The molecule has 1 aliphatic carbocycles. The molecule has 8 heteroatoms. The van der Waals surface area contributed by atoms with Gasteiger partial charge in [0, 0.05) is 38.1 Å². The number of hydrogen-bond acceptors (Lipinski definition) is 5. The van der Waals surface area contributed by atoms with Crippen molar-refractivity contribution in [1.29, 1.82) is 0 Å². The zero-order chi connectivity index (χ0) is 30.6. The van der Waals surface area contributed by atoms with E-state index in [0.717, 1.165) is 75.4 Å². The van der Waals surface area contributed by atoms with Crippen LogP contribution in [0.5, 0.6) is 0 Å². The first kappa shape index (κ1) is 29.9. The van der Waals surface area contributed by atoms with Gasteiger partial charge in [0.05, 0.1) is 17.6 Å². The van der Waals surface area contributed by atoms with Gasteiger partial charge >= 0.3 is 0 Å². The van der Waals surface area contributed by atoms with Gasteiger partial charge in [-0.3, -0.25) is 14.5 Å². The summed E-state index contributed by atoms with van der Waals surface area (Å²) in [6.45, 7) is 9.26. The lowest BCUT2D eigenvalue weighted by Crippen LogP contribution is -2.49. The van der Waals surface area contributed by atoms with Crippen LogP contribution in [0.1, 0.15) is 68.2 Å². The highest BCUT2D eigenvalue weighted by Gasteiger charge is 2.34. The van der Waals surface area contributed by atoms with Crippen LogP contribution in [0, 0.1) is 5.92 Å². The van der Waals surface area contributed by atoms with E-state index >= 15 is 0 Å². The monoisotopic (exact) mass is 592 g/mol. The Morgan fingerprint density at radius 1 is 0.886 bits per heavy atom. The number of anilines is 1. The van der Waals surface area contributed by atoms with Crippen molar-refractivity contribution in [2.45, 2.75) is 64.1 Å². The van der Waals surface area contributed by atoms with Crippen molar-refractivity contribution in [2.24, 2.45) is 11.7 Å². The maximum atomic E-state index is 13.6. The summed E-state index contributed by atoms with van der Waals surface area (Å²) in [5.41, 5.74) is 11.0. The van der Waals surface area contributed by atoms with E-state index in [0.29, 0.717) is 11.6 Å². The lowest BCUT2D eigenvalue weighted by Gasteiger charge is -2.37. The summed E-state index contributed by atoms with van der Waals surface area (Å²) < 4.78 is 2.35. The topological polar surface area (TPSA) is 96.5 Å². The fraction of sp³-hybridized carbons (Fsp3) is 0.417. The molecule has 4 aromatic rings. The third-order valence-electron chi connectivity index (χ3n) is 9.52. The highest BCUT2D eigenvalue weighted by Crippen LogP contribution is 2.38. The number of fused-ring (bicyclic) bond motifs is 1. The number of primary amides is 1. The molecule has 44 heavy (non-hydrogen) atoms. The van der Waals surface area contributed by atoms with Gasteiger partial charge < -0.3 is 20.5 Å². The molecule has 8 nitrogen and oxygen atoms in total. The molecule has 2 heterocycles. The number of carbonyl (C=O) groups excluding carboxylic acids is 2. The van der Waals surface area contributed by atoms with Crippen LogP contribution in [0.2, 0.25) is 0 Å². The van der Waals surface area contributed by atoms with E-state index in [1.54, 1.807) is 0 Å². The first-order valence-electron chi connectivity index (χ1n) is 16.1. The Hall–Kier alpha value is -4.17.